The molecule has 1 heterocycles. The number of fused-ring (bicyclic) bond motifs is 1. The standard InChI is InChI=1S/C16H10F2INO5/c17-16(18)24-12-6-5-9(7-13(12)25-16)20-14(21)8-23-15(22)10-3-1-2-4-11(10)19/h1-7H,8H2,(H,20,21). The third-order valence-electron chi connectivity index (χ3n) is 3.11. The summed E-state index contributed by atoms with van der Waals surface area (Å²) in [4.78, 5) is 23.8. The van der Waals surface area contributed by atoms with Gasteiger partial charge in [0.1, 0.15) is 0 Å². The second kappa shape index (κ2) is 6.82. The molecule has 0 aliphatic carbocycles. The van der Waals surface area contributed by atoms with E-state index in [-0.39, 0.29) is 17.2 Å². The molecule has 130 valence electrons. The molecule has 1 amide bonds. The largest absolute Gasteiger partial charge is 0.586 e. The minimum atomic E-state index is -3.73. The molecule has 0 saturated carbocycles. The highest BCUT2D eigenvalue weighted by Gasteiger charge is 2.43. The molecule has 0 bridgehead atoms. The van der Waals surface area contributed by atoms with Gasteiger partial charge in [-0.05, 0) is 46.9 Å². The van der Waals surface area contributed by atoms with Crippen molar-refractivity contribution < 1.29 is 32.6 Å². The monoisotopic (exact) mass is 461 g/mol. The van der Waals surface area contributed by atoms with E-state index in [0.717, 1.165) is 0 Å². The Morgan fingerprint density at radius 3 is 2.60 bits per heavy atom. The van der Waals surface area contributed by atoms with Crippen molar-refractivity contribution in [2.24, 2.45) is 0 Å². The molecular weight excluding hydrogens is 451 g/mol. The number of amides is 1. The summed E-state index contributed by atoms with van der Waals surface area (Å²) in [6, 6.07) is 10.6. The van der Waals surface area contributed by atoms with Gasteiger partial charge in [-0.3, -0.25) is 4.79 Å². The number of hydrogen-bond donors (Lipinski definition) is 1. The van der Waals surface area contributed by atoms with E-state index in [0.29, 0.717) is 9.13 Å². The fourth-order valence-electron chi connectivity index (χ4n) is 2.06. The lowest BCUT2D eigenvalue weighted by Gasteiger charge is -2.08. The number of carbonyl (C=O) groups excluding carboxylic acids is 2. The number of anilines is 1. The van der Waals surface area contributed by atoms with Gasteiger partial charge in [-0.2, -0.15) is 0 Å². The first-order valence-electron chi connectivity index (χ1n) is 6.95. The van der Waals surface area contributed by atoms with Gasteiger partial charge in [-0.1, -0.05) is 12.1 Å². The van der Waals surface area contributed by atoms with Gasteiger partial charge in [0.15, 0.2) is 18.1 Å². The summed E-state index contributed by atoms with van der Waals surface area (Å²) in [6.45, 7) is -0.519. The van der Waals surface area contributed by atoms with Crippen molar-refractivity contribution in [3.05, 3.63) is 51.6 Å². The van der Waals surface area contributed by atoms with Crippen LogP contribution in [0, 0.1) is 3.57 Å². The summed E-state index contributed by atoms with van der Waals surface area (Å²) in [7, 11) is 0. The van der Waals surface area contributed by atoms with Crippen LogP contribution in [-0.2, 0) is 9.53 Å². The number of ether oxygens (including phenoxy) is 3. The van der Waals surface area contributed by atoms with Crippen molar-refractivity contribution in [1.29, 1.82) is 0 Å². The Labute approximate surface area is 154 Å². The summed E-state index contributed by atoms with van der Waals surface area (Å²) in [6.07, 6.45) is -3.73. The van der Waals surface area contributed by atoms with Gasteiger partial charge >= 0.3 is 12.3 Å². The van der Waals surface area contributed by atoms with Gasteiger partial charge in [0.2, 0.25) is 0 Å². The molecule has 9 heteroatoms. The van der Waals surface area contributed by atoms with Gasteiger partial charge in [-0.25, -0.2) is 4.79 Å². The number of hydrogen-bond acceptors (Lipinski definition) is 5. The van der Waals surface area contributed by atoms with E-state index in [1.807, 2.05) is 22.6 Å². The lowest BCUT2D eigenvalue weighted by atomic mass is 10.2. The van der Waals surface area contributed by atoms with Crippen LogP contribution in [0.2, 0.25) is 0 Å². The lowest BCUT2D eigenvalue weighted by Crippen LogP contribution is -2.25. The number of alkyl halides is 2. The summed E-state index contributed by atoms with van der Waals surface area (Å²) in [5, 5.41) is 2.42. The minimum Gasteiger partial charge on any atom is -0.452 e. The number of nitrogens with one attached hydrogen (secondary N) is 1. The molecular formula is C16H10F2INO5. The second-order valence-electron chi connectivity index (χ2n) is 4.93. The zero-order valence-electron chi connectivity index (χ0n) is 12.4. The molecule has 1 aliphatic rings. The van der Waals surface area contributed by atoms with Gasteiger partial charge < -0.3 is 19.5 Å². The highest BCUT2D eigenvalue weighted by Crippen LogP contribution is 2.42. The van der Waals surface area contributed by atoms with Crippen LogP contribution in [-0.4, -0.2) is 24.8 Å². The van der Waals surface area contributed by atoms with E-state index in [2.05, 4.69) is 14.8 Å². The summed E-state index contributed by atoms with van der Waals surface area (Å²) >= 11 is 1.98. The van der Waals surface area contributed by atoms with Crippen molar-refractivity contribution in [3.8, 4) is 11.5 Å². The SMILES string of the molecule is O=C(COC(=O)c1ccccc1I)Nc1ccc2c(c1)OC(F)(F)O2. The van der Waals surface area contributed by atoms with Gasteiger partial charge in [0.25, 0.3) is 5.91 Å². The maximum absolute atomic E-state index is 12.9. The fraction of sp³-hybridized carbons (Fsp3) is 0.125. The van der Waals surface area contributed by atoms with Gasteiger partial charge in [0, 0.05) is 15.3 Å². The molecule has 3 rings (SSSR count). The van der Waals surface area contributed by atoms with Crippen LogP contribution in [0.4, 0.5) is 14.5 Å². The second-order valence-corrected chi connectivity index (χ2v) is 6.10. The predicted octanol–water partition coefficient (Wildman–Crippen LogP) is 3.41. The summed E-state index contributed by atoms with van der Waals surface area (Å²) in [5.41, 5.74) is 0.552. The van der Waals surface area contributed by atoms with Crippen molar-refractivity contribution in [3.63, 3.8) is 0 Å². The first kappa shape index (κ1) is 17.4. The van der Waals surface area contributed by atoms with Crippen LogP contribution in [0.1, 0.15) is 10.4 Å². The number of esters is 1. The van der Waals surface area contributed by atoms with E-state index in [9.17, 15) is 18.4 Å². The zero-order valence-corrected chi connectivity index (χ0v) is 14.6. The number of benzene rings is 2. The molecule has 2 aromatic carbocycles. The number of rotatable bonds is 4. The molecule has 0 atom stereocenters. The van der Waals surface area contributed by atoms with E-state index < -0.39 is 24.8 Å². The van der Waals surface area contributed by atoms with Crippen molar-refractivity contribution >= 4 is 40.2 Å². The fourth-order valence-corrected chi connectivity index (χ4v) is 2.67. The van der Waals surface area contributed by atoms with E-state index in [1.165, 1.54) is 18.2 Å². The first-order chi connectivity index (χ1) is 11.8. The maximum Gasteiger partial charge on any atom is 0.586 e. The third-order valence-corrected chi connectivity index (χ3v) is 4.05. The van der Waals surface area contributed by atoms with Crippen molar-refractivity contribution in [2.75, 3.05) is 11.9 Å². The topological polar surface area (TPSA) is 73.9 Å². The lowest BCUT2D eigenvalue weighted by molar-refractivity contribution is -0.286. The van der Waals surface area contributed by atoms with Crippen LogP contribution in [0.25, 0.3) is 0 Å². The Morgan fingerprint density at radius 1 is 1.12 bits per heavy atom. The van der Waals surface area contributed by atoms with Gasteiger partial charge in [0.05, 0.1) is 5.56 Å². The number of carbonyl (C=O) groups is 2. The van der Waals surface area contributed by atoms with Crippen molar-refractivity contribution in [2.45, 2.75) is 6.29 Å². The normalized spacial score (nSPS) is 14.0. The predicted molar refractivity (Wildman–Crippen MR) is 90.7 cm³/mol. The first-order valence-corrected chi connectivity index (χ1v) is 8.03. The van der Waals surface area contributed by atoms with Crippen LogP contribution < -0.4 is 14.8 Å². The Morgan fingerprint density at radius 2 is 1.84 bits per heavy atom. The number of halogens is 3. The van der Waals surface area contributed by atoms with Crippen LogP contribution in [0.3, 0.4) is 0 Å². The highest BCUT2D eigenvalue weighted by atomic mass is 127. The summed E-state index contributed by atoms with van der Waals surface area (Å²) in [5.74, 6) is -1.58. The molecule has 1 N–H and O–H groups in total. The van der Waals surface area contributed by atoms with Crippen LogP contribution in [0.5, 0.6) is 11.5 Å². The van der Waals surface area contributed by atoms with E-state index in [1.54, 1.807) is 24.3 Å². The molecule has 25 heavy (non-hydrogen) atoms. The van der Waals surface area contributed by atoms with E-state index >= 15 is 0 Å². The minimum absolute atomic E-state index is 0.131. The zero-order chi connectivity index (χ0) is 18.0. The molecule has 0 saturated heterocycles. The Hall–Kier alpha value is -2.43. The molecule has 1 aliphatic heterocycles. The van der Waals surface area contributed by atoms with Crippen LogP contribution >= 0.6 is 22.6 Å². The smallest absolute Gasteiger partial charge is 0.452 e. The molecule has 0 unspecified atom stereocenters. The molecule has 2 aromatic rings. The average Bonchev–Trinajstić information content (AvgIpc) is 2.86. The van der Waals surface area contributed by atoms with Crippen molar-refractivity contribution in [1.82, 2.24) is 0 Å². The molecule has 0 radical (unpaired) electrons. The van der Waals surface area contributed by atoms with E-state index in [4.69, 9.17) is 4.74 Å². The Kier molecular flexibility index (Phi) is 4.75. The summed E-state index contributed by atoms with van der Waals surface area (Å²) < 4.78 is 40.1. The quantitative estimate of drug-likeness (QED) is 0.559. The molecule has 6 nitrogen and oxygen atoms in total. The Balaban J connectivity index is 1.57. The average molecular weight is 461 g/mol. The van der Waals surface area contributed by atoms with Gasteiger partial charge in [-0.15, -0.1) is 8.78 Å². The molecule has 0 fully saturated rings. The maximum atomic E-state index is 12.9. The highest BCUT2D eigenvalue weighted by molar-refractivity contribution is 14.1. The molecule has 0 aromatic heterocycles. The Bertz CT molecular complexity index is 843. The third kappa shape index (κ3) is 4.16. The molecule has 0 spiro atoms. The van der Waals surface area contributed by atoms with Crippen LogP contribution in [0.15, 0.2) is 42.5 Å².